The van der Waals surface area contributed by atoms with Gasteiger partial charge in [-0.3, -0.25) is 4.79 Å². The average Bonchev–Trinajstić information content (AvgIpc) is 1.93. The molecular weight excluding hydrogens is 179 g/mol. The van der Waals surface area contributed by atoms with E-state index in [4.69, 9.17) is 0 Å². The summed E-state index contributed by atoms with van der Waals surface area (Å²) in [6.45, 7) is 1.45. The van der Waals surface area contributed by atoms with E-state index in [1.165, 1.54) is 13.0 Å². The van der Waals surface area contributed by atoms with Gasteiger partial charge >= 0.3 is 0 Å². The van der Waals surface area contributed by atoms with Crippen LogP contribution in [0.2, 0.25) is 0 Å². The Hall–Kier alpha value is -0.890. The Bertz CT molecular complexity index is 273. The van der Waals surface area contributed by atoms with E-state index >= 15 is 0 Å². The van der Waals surface area contributed by atoms with Crippen molar-refractivity contribution in [3.8, 4) is 0 Å². The van der Waals surface area contributed by atoms with Crippen molar-refractivity contribution < 1.29 is 9.18 Å². The van der Waals surface area contributed by atoms with Crippen molar-refractivity contribution in [2.24, 2.45) is 0 Å². The molecule has 0 atom stereocenters. The van der Waals surface area contributed by atoms with E-state index in [9.17, 15) is 9.18 Å². The molecule has 1 rings (SSSR count). The quantitative estimate of drug-likeness (QED) is 0.697. The number of hydrogen-bond acceptors (Lipinski definition) is 1. The van der Waals surface area contributed by atoms with Gasteiger partial charge in [-0.2, -0.15) is 0 Å². The molecule has 0 aliphatic rings. The molecule has 0 aliphatic carbocycles. The Morgan fingerprint density at radius 2 is 2.00 bits per heavy atom. The first-order valence-electron chi connectivity index (χ1n) is 3.43. The van der Waals surface area contributed by atoms with E-state index in [0.717, 1.165) is 0 Å². The molecule has 0 aromatic heterocycles. The number of rotatable bonds is 2. The minimum atomic E-state index is -0.303. The van der Waals surface area contributed by atoms with Crippen molar-refractivity contribution in [1.29, 1.82) is 0 Å². The van der Waals surface area contributed by atoms with Crippen LogP contribution in [0, 0.1) is 5.82 Å². The molecule has 0 spiro atoms. The van der Waals surface area contributed by atoms with Crippen molar-refractivity contribution in [1.82, 2.24) is 0 Å². The molecule has 1 aromatic rings. The average molecular weight is 189 g/mol. The van der Waals surface area contributed by atoms with Gasteiger partial charge in [0.05, 0.1) is 0 Å². The molecule has 1 nitrogen and oxygen atoms in total. The summed E-state index contributed by atoms with van der Waals surface area (Å²) in [5.74, 6) is -0.321. The van der Waals surface area contributed by atoms with Gasteiger partial charge in [-0.05, 0) is 18.6 Å². The van der Waals surface area contributed by atoms with E-state index in [1.807, 2.05) is 0 Å². The summed E-state index contributed by atoms with van der Waals surface area (Å²) in [6.07, 6.45) is 0.187. The molecule has 0 radical (unpaired) electrons. The van der Waals surface area contributed by atoms with Gasteiger partial charge in [0.15, 0.2) is 0 Å². The first kappa shape index (κ1) is 11.1. The van der Waals surface area contributed by atoms with Crippen LogP contribution >= 0.6 is 12.4 Å². The molecule has 0 saturated heterocycles. The molecule has 0 amide bonds. The fraction of sp³-hybridized carbons (Fsp3) is 0.222. The van der Waals surface area contributed by atoms with Crippen molar-refractivity contribution in [3.63, 3.8) is 0 Å². The zero-order chi connectivity index (χ0) is 8.27. The first-order valence-corrected chi connectivity index (χ1v) is 3.43. The second kappa shape index (κ2) is 4.88. The van der Waals surface area contributed by atoms with E-state index < -0.39 is 0 Å². The second-order valence-electron chi connectivity index (χ2n) is 2.47. The van der Waals surface area contributed by atoms with Gasteiger partial charge in [0.25, 0.3) is 0 Å². The molecule has 0 unspecified atom stereocenters. The van der Waals surface area contributed by atoms with E-state index in [1.54, 1.807) is 18.2 Å². The number of carbonyl (C=O) groups excluding carboxylic acids is 1. The topological polar surface area (TPSA) is 17.1 Å². The number of benzene rings is 1. The molecule has 0 N–H and O–H groups in total. The lowest BCUT2D eigenvalue weighted by molar-refractivity contribution is -0.116. The van der Waals surface area contributed by atoms with Crippen LogP contribution in [0.15, 0.2) is 24.3 Å². The van der Waals surface area contributed by atoms with Crippen LogP contribution in [0.1, 0.15) is 12.5 Å². The number of ketones is 1. The molecule has 12 heavy (non-hydrogen) atoms. The van der Waals surface area contributed by atoms with Crippen molar-refractivity contribution in [2.75, 3.05) is 0 Å². The van der Waals surface area contributed by atoms with Gasteiger partial charge in [-0.15, -0.1) is 12.4 Å². The summed E-state index contributed by atoms with van der Waals surface area (Å²) in [6, 6.07) is 6.31. The SMILES string of the molecule is CC(=O)Cc1ccccc1F.Cl. The van der Waals surface area contributed by atoms with Crippen LogP contribution in [-0.2, 0) is 11.2 Å². The smallest absolute Gasteiger partial charge is 0.134 e. The predicted octanol–water partition coefficient (Wildman–Crippen LogP) is 2.38. The third-order valence-corrected chi connectivity index (χ3v) is 1.40. The molecule has 0 heterocycles. The molecular formula is C9H10ClFO. The summed E-state index contributed by atoms with van der Waals surface area (Å²) in [5.41, 5.74) is 0.472. The minimum absolute atomic E-state index is 0. The van der Waals surface area contributed by atoms with Gasteiger partial charge in [0.1, 0.15) is 11.6 Å². The zero-order valence-corrected chi connectivity index (χ0v) is 7.53. The minimum Gasteiger partial charge on any atom is -0.300 e. The predicted molar refractivity (Wildman–Crippen MR) is 48.0 cm³/mol. The third kappa shape index (κ3) is 3.01. The molecule has 0 aliphatic heterocycles. The molecule has 0 saturated carbocycles. The fourth-order valence-corrected chi connectivity index (χ4v) is 0.910. The highest BCUT2D eigenvalue weighted by atomic mass is 35.5. The lowest BCUT2D eigenvalue weighted by Gasteiger charge is -1.97. The summed E-state index contributed by atoms with van der Waals surface area (Å²) in [4.78, 5) is 10.6. The van der Waals surface area contributed by atoms with Gasteiger partial charge in [-0.1, -0.05) is 18.2 Å². The van der Waals surface area contributed by atoms with E-state index in [-0.39, 0.29) is 30.4 Å². The van der Waals surface area contributed by atoms with Gasteiger partial charge in [0.2, 0.25) is 0 Å². The van der Waals surface area contributed by atoms with Gasteiger partial charge < -0.3 is 0 Å². The van der Waals surface area contributed by atoms with Crippen molar-refractivity contribution in [3.05, 3.63) is 35.6 Å². The maximum Gasteiger partial charge on any atom is 0.134 e. The Balaban J connectivity index is 0.00000121. The Labute approximate surface area is 77.0 Å². The highest BCUT2D eigenvalue weighted by Gasteiger charge is 2.01. The molecule has 66 valence electrons. The lowest BCUT2D eigenvalue weighted by Crippen LogP contribution is -1.98. The van der Waals surface area contributed by atoms with Gasteiger partial charge in [-0.25, -0.2) is 4.39 Å². The van der Waals surface area contributed by atoms with Crippen LogP contribution in [0.4, 0.5) is 4.39 Å². The second-order valence-corrected chi connectivity index (χ2v) is 2.47. The van der Waals surface area contributed by atoms with E-state index in [0.29, 0.717) is 5.56 Å². The first-order chi connectivity index (χ1) is 5.20. The summed E-state index contributed by atoms with van der Waals surface area (Å²) in [7, 11) is 0. The summed E-state index contributed by atoms with van der Waals surface area (Å²) >= 11 is 0. The number of hydrogen-bond donors (Lipinski definition) is 0. The van der Waals surface area contributed by atoms with Gasteiger partial charge in [0, 0.05) is 6.42 Å². The maximum absolute atomic E-state index is 12.8. The van der Waals surface area contributed by atoms with Crippen molar-refractivity contribution in [2.45, 2.75) is 13.3 Å². The van der Waals surface area contributed by atoms with Crippen LogP contribution in [0.3, 0.4) is 0 Å². The molecule has 0 fully saturated rings. The Morgan fingerprint density at radius 1 is 1.42 bits per heavy atom. The monoisotopic (exact) mass is 188 g/mol. The standard InChI is InChI=1S/C9H9FO.ClH/c1-7(11)6-8-4-2-3-5-9(8)10;/h2-5H,6H2,1H3;1H. The Morgan fingerprint density at radius 3 is 2.50 bits per heavy atom. The fourth-order valence-electron chi connectivity index (χ4n) is 0.910. The largest absolute Gasteiger partial charge is 0.300 e. The lowest BCUT2D eigenvalue weighted by atomic mass is 10.1. The number of halogens is 2. The van der Waals surface area contributed by atoms with Crippen LogP contribution in [-0.4, -0.2) is 5.78 Å². The maximum atomic E-state index is 12.8. The third-order valence-electron chi connectivity index (χ3n) is 1.40. The molecule has 3 heteroatoms. The van der Waals surface area contributed by atoms with Crippen LogP contribution in [0.5, 0.6) is 0 Å². The highest BCUT2D eigenvalue weighted by Crippen LogP contribution is 2.06. The molecule has 1 aromatic carbocycles. The highest BCUT2D eigenvalue weighted by molar-refractivity contribution is 5.85. The molecule has 0 bridgehead atoms. The van der Waals surface area contributed by atoms with Crippen LogP contribution < -0.4 is 0 Å². The van der Waals surface area contributed by atoms with Crippen molar-refractivity contribution >= 4 is 18.2 Å². The van der Waals surface area contributed by atoms with E-state index in [2.05, 4.69) is 0 Å². The number of carbonyl (C=O) groups is 1. The number of Topliss-reactive ketones (excluding diaryl/α,β-unsaturated/α-hetero) is 1. The van der Waals surface area contributed by atoms with Crippen LogP contribution in [0.25, 0.3) is 0 Å². The summed E-state index contributed by atoms with van der Waals surface area (Å²) in [5, 5.41) is 0. The Kier molecular flexibility index (Phi) is 4.52. The zero-order valence-electron chi connectivity index (χ0n) is 6.71. The normalized spacial score (nSPS) is 8.83. The summed E-state index contributed by atoms with van der Waals surface area (Å²) < 4.78 is 12.8.